The number of nitrogens with zero attached hydrogens (tertiary/aromatic N) is 5. The van der Waals surface area contributed by atoms with E-state index in [0.29, 0.717) is 60.7 Å². The predicted molar refractivity (Wildman–Crippen MR) is 276 cm³/mol. The molecule has 4 heterocycles. The molecule has 2 fully saturated rings. The molecular weight excluding hydrogens is 981 g/mol. The maximum Gasteiger partial charge on any atom is 0.407 e. The highest BCUT2D eigenvalue weighted by molar-refractivity contribution is 8.23. The fourth-order valence-corrected chi connectivity index (χ4v) is 15.7. The van der Waals surface area contributed by atoms with Crippen molar-refractivity contribution < 1.29 is 38.2 Å². The Kier molecular flexibility index (Phi) is 20.5. The average molecular weight is 1040 g/mol. The second-order valence-electron chi connectivity index (χ2n) is 18.7. The molecule has 2 aromatic heterocycles. The molecule has 4 rings (SSSR count). The van der Waals surface area contributed by atoms with E-state index in [1.54, 1.807) is 20.8 Å². The zero-order valence-electron chi connectivity index (χ0n) is 38.7. The first-order valence-electron chi connectivity index (χ1n) is 21.4. The van der Waals surface area contributed by atoms with Crippen molar-refractivity contribution in [2.75, 3.05) is 75.4 Å². The van der Waals surface area contributed by atoms with E-state index in [2.05, 4.69) is 55.2 Å². The zero-order valence-corrected chi connectivity index (χ0v) is 45.6. The van der Waals surface area contributed by atoms with Crippen LogP contribution in [0.3, 0.4) is 0 Å². The van der Waals surface area contributed by atoms with Gasteiger partial charge in [0.1, 0.15) is 25.4 Å². The average Bonchev–Trinajstić information content (AvgIpc) is 3.83. The Morgan fingerprint density at radius 2 is 1.09 bits per heavy atom. The van der Waals surface area contributed by atoms with Crippen molar-refractivity contribution in [3.05, 3.63) is 57.2 Å². The van der Waals surface area contributed by atoms with Gasteiger partial charge in [0, 0.05) is 104 Å². The van der Waals surface area contributed by atoms with Crippen molar-refractivity contribution >= 4 is 126 Å². The molecule has 0 aliphatic carbocycles. The second-order valence-corrected chi connectivity index (χ2v) is 35.6. The summed E-state index contributed by atoms with van der Waals surface area (Å²) in [5.41, 5.74) is -0.643. The molecule has 0 saturated carbocycles. The van der Waals surface area contributed by atoms with Gasteiger partial charge in [-0.2, -0.15) is 9.46 Å². The molecule has 65 heavy (non-hydrogen) atoms. The van der Waals surface area contributed by atoms with Crippen LogP contribution in [-0.4, -0.2) is 150 Å². The summed E-state index contributed by atoms with van der Waals surface area (Å²) in [5, 5.41) is 36.4. The van der Waals surface area contributed by atoms with Gasteiger partial charge >= 0.3 is 17.9 Å². The van der Waals surface area contributed by atoms with E-state index in [9.17, 15) is 34.4 Å². The van der Waals surface area contributed by atoms with Crippen LogP contribution in [0.5, 0.6) is 0 Å². The number of hydrogen-bond donors (Lipinski definition) is 3. The van der Waals surface area contributed by atoms with Gasteiger partial charge in [0.25, 0.3) is 33.3 Å². The van der Waals surface area contributed by atoms with Crippen LogP contribution in [0.1, 0.15) is 62.5 Å². The summed E-state index contributed by atoms with van der Waals surface area (Å²) in [7, 11) is -2.96. The molecule has 5 amide bonds. The van der Waals surface area contributed by atoms with Crippen LogP contribution in [0, 0.1) is 10.4 Å². The van der Waals surface area contributed by atoms with Crippen LogP contribution >= 0.6 is 71.5 Å². The standard InChI is InChI=1S/C41H62N8O8S6Si2/c1-41(2,3)57-38(54)44-16-19-45(17-14-42-32(50)30-12-10-28(34(52)46-20-22-62-39(46)58)36(48(30)55)60-24-26-64(4,5)6)18-15-43-33(51)31-13-11-29(35(53)47-21-23-63-40(47)59)37(49(31)56)61-25-27-65(7,8)9/h10-13H,14-27H2,1-9H3,(H,42,50)(H,43,51)(H,44,54). The molecule has 16 nitrogen and oxygen atoms in total. The number of carbonyl (C=O) groups is 5. The Balaban J connectivity index is 1.48. The van der Waals surface area contributed by atoms with Gasteiger partial charge in [0.15, 0.2) is 0 Å². The topological polar surface area (TPSA) is 194 Å². The van der Waals surface area contributed by atoms with Crippen molar-refractivity contribution in [3.8, 4) is 0 Å². The van der Waals surface area contributed by atoms with Crippen molar-refractivity contribution in [2.45, 2.75) is 87.8 Å². The summed E-state index contributed by atoms with van der Waals surface area (Å²) < 4.78 is 7.34. The van der Waals surface area contributed by atoms with Gasteiger partial charge < -0.3 is 31.1 Å². The van der Waals surface area contributed by atoms with E-state index in [0.717, 1.165) is 12.1 Å². The lowest BCUT2D eigenvalue weighted by molar-refractivity contribution is -0.647. The molecule has 0 aromatic carbocycles. The minimum absolute atomic E-state index is 0.0876. The molecule has 2 saturated heterocycles. The van der Waals surface area contributed by atoms with Crippen LogP contribution in [0.15, 0.2) is 34.3 Å². The van der Waals surface area contributed by atoms with E-state index in [-0.39, 0.29) is 77.1 Å². The summed E-state index contributed by atoms with van der Waals surface area (Å²) in [6.07, 6.45) is -0.601. The lowest BCUT2D eigenvalue weighted by atomic mass is 10.2. The van der Waals surface area contributed by atoms with Gasteiger partial charge in [0.2, 0.25) is 0 Å². The highest BCUT2D eigenvalue weighted by Crippen LogP contribution is 2.29. The number of aromatic nitrogens is 2. The maximum absolute atomic E-state index is 13.9. The largest absolute Gasteiger partial charge is 0.617 e. The Labute approximate surface area is 412 Å². The smallest absolute Gasteiger partial charge is 0.407 e. The van der Waals surface area contributed by atoms with Crippen LogP contribution in [0.25, 0.3) is 0 Å². The summed E-state index contributed by atoms with van der Waals surface area (Å²) in [6, 6.07) is 7.53. The molecule has 2 aliphatic heterocycles. The minimum atomic E-state index is -1.48. The first-order valence-corrected chi connectivity index (χ1v) is 33.6. The highest BCUT2D eigenvalue weighted by Gasteiger charge is 2.34. The third-order valence-electron chi connectivity index (χ3n) is 9.73. The molecule has 2 aliphatic rings. The molecule has 0 atom stereocenters. The van der Waals surface area contributed by atoms with Gasteiger partial charge in [-0.3, -0.25) is 33.9 Å². The monoisotopic (exact) mass is 1040 g/mol. The highest BCUT2D eigenvalue weighted by atomic mass is 32.2. The first kappa shape index (κ1) is 54.6. The quantitative estimate of drug-likeness (QED) is 0.0450. The number of carbonyl (C=O) groups excluding carboxylic acids is 5. The number of ether oxygens (including phenoxy) is 1. The van der Waals surface area contributed by atoms with E-state index in [1.807, 2.05) is 4.90 Å². The predicted octanol–water partition coefficient (Wildman–Crippen LogP) is 5.75. The molecule has 3 N–H and O–H groups in total. The van der Waals surface area contributed by atoms with Crippen molar-refractivity contribution in [1.82, 2.24) is 30.7 Å². The second kappa shape index (κ2) is 24.3. The van der Waals surface area contributed by atoms with Gasteiger partial charge in [-0.25, -0.2) is 4.79 Å². The number of hydrogen-bond acceptors (Lipinski definition) is 15. The fourth-order valence-electron chi connectivity index (χ4n) is 6.13. The Morgan fingerprint density at radius 3 is 1.43 bits per heavy atom. The van der Waals surface area contributed by atoms with Crippen LogP contribution in [-0.2, 0) is 4.74 Å². The molecule has 0 unspecified atom stereocenters. The number of rotatable bonds is 21. The Morgan fingerprint density at radius 1 is 0.708 bits per heavy atom. The van der Waals surface area contributed by atoms with E-state index in [4.69, 9.17) is 29.2 Å². The Bertz CT molecular complexity index is 1990. The summed E-state index contributed by atoms with van der Waals surface area (Å²) in [4.78, 5) is 71.6. The van der Waals surface area contributed by atoms with Gasteiger partial charge in [-0.05, 0) is 45.0 Å². The third kappa shape index (κ3) is 16.9. The zero-order chi connectivity index (χ0) is 48.3. The number of amides is 5. The number of pyridine rings is 2. The lowest BCUT2D eigenvalue weighted by Gasteiger charge is -2.24. The molecule has 0 spiro atoms. The Hall–Kier alpha value is -2.98. The van der Waals surface area contributed by atoms with E-state index in [1.165, 1.54) is 81.1 Å². The minimum Gasteiger partial charge on any atom is -0.617 e. The molecule has 0 bridgehead atoms. The van der Waals surface area contributed by atoms with Crippen LogP contribution in [0.4, 0.5) is 4.79 Å². The van der Waals surface area contributed by atoms with Crippen molar-refractivity contribution in [2.24, 2.45) is 0 Å². The molecule has 24 heteroatoms. The van der Waals surface area contributed by atoms with Gasteiger partial charge in [-0.1, -0.05) is 111 Å². The summed E-state index contributed by atoms with van der Waals surface area (Å²) in [6.45, 7) is 20.6. The van der Waals surface area contributed by atoms with E-state index < -0.39 is 39.7 Å². The normalized spacial score (nSPS) is 14.6. The molecular formula is C41H62N8O8S6Si2. The molecule has 2 aromatic rings. The number of nitrogens with one attached hydrogen (secondary N) is 3. The van der Waals surface area contributed by atoms with E-state index >= 15 is 0 Å². The van der Waals surface area contributed by atoms with Crippen molar-refractivity contribution in [1.29, 1.82) is 0 Å². The van der Waals surface area contributed by atoms with Crippen LogP contribution < -0.4 is 25.4 Å². The van der Waals surface area contributed by atoms with Gasteiger partial charge in [-0.15, -0.1) is 0 Å². The molecule has 0 radical (unpaired) electrons. The van der Waals surface area contributed by atoms with Crippen molar-refractivity contribution in [3.63, 3.8) is 0 Å². The summed E-state index contributed by atoms with van der Waals surface area (Å²) >= 11 is 16.1. The molecule has 358 valence electrons. The third-order valence-corrected chi connectivity index (χ3v) is 18.9. The number of thiocarbonyl (C=S) groups is 2. The number of thioether (sulfide) groups is 4. The maximum atomic E-state index is 13.9. The number of alkyl carbamates (subject to hydrolysis) is 1. The first-order chi connectivity index (χ1) is 30.4. The summed E-state index contributed by atoms with van der Waals surface area (Å²) in [5.74, 6) is 0.552. The SMILES string of the molecule is CC(C)(C)OC(=O)NCCN(CCNC(=O)c1ccc(C(=O)N2CCSC2=S)c(SCC[Si](C)(C)C)[n+]1[O-])CCNC(=O)c1ccc(C(=O)N2CCSC2=S)c(SCC[Si](C)(C)C)[n+]1[O-]. The lowest BCUT2D eigenvalue weighted by Crippen LogP contribution is -2.47. The van der Waals surface area contributed by atoms with Crippen LogP contribution in [0.2, 0.25) is 51.4 Å². The fraction of sp³-hybridized carbons (Fsp3) is 0.585. The van der Waals surface area contributed by atoms with Gasteiger partial charge in [0.05, 0.1) is 0 Å².